The topological polar surface area (TPSA) is 70.1 Å². The lowest BCUT2D eigenvalue weighted by atomic mass is 9.97. The van der Waals surface area contributed by atoms with E-state index in [1.807, 2.05) is 6.92 Å². The number of aliphatic carboxylic acids is 1. The second-order valence-corrected chi connectivity index (χ2v) is 5.55. The summed E-state index contributed by atoms with van der Waals surface area (Å²) < 4.78 is 5.26. The Morgan fingerprint density at radius 3 is 2.44 bits per heavy atom. The van der Waals surface area contributed by atoms with Crippen LogP contribution in [0.3, 0.4) is 0 Å². The van der Waals surface area contributed by atoms with Gasteiger partial charge in [0.15, 0.2) is 0 Å². The number of carboxylic acids is 1. The highest BCUT2D eigenvalue weighted by molar-refractivity contribution is 5.75. The van der Waals surface area contributed by atoms with Crippen molar-refractivity contribution >= 4 is 12.0 Å². The van der Waals surface area contributed by atoms with E-state index in [0.29, 0.717) is 25.6 Å². The highest BCUT2D eigenvalue weighted by atomic mass is 16.5. The molecule has 0 unspecified atom stereocenters. The third-order valence-corrected chi connectivity index (χ3v) is 2.83. The Balaban J connectivity index is 2.36. The van der Waals surface area contributed by atoms with E-state index in [9.17, 15) is 9.59 Å². The molecule has 104 valence electrons. The Bertz CT molecular complexity index is 324. The minimum Gasteiger partial charge on any atom is -0.480 e. The Labute approximate surface area is 107 Å². The van der Waals surface area contributed by atoms with Crippen LogP contribution in [0.2, 0.25) is 0 Å². The minimum atomic E-state index is -0.988. The lowest BCUT2D eigenvalue weighted by Gasteiger charge is -2.48. The van der Waals surface area contributed by atoms with Gasteiger partial charge in [0, 0.05) is 13.6 Å². The first-order chi connectivity index (χ1) is 8.23. The molecule has 1 heterocycles. The molecule has 0 aliphatic carbocycles. The number of nitrogens with zero attached hydrogens (tertiary/aromatic N) is 2. The van der Waals surface area contributed by atoms with Crippen molar-refractivity contribution in [3.63, 3.8) is 0 Å². The molecule has 1 saturated heterocycles. The SMILES string of the molecule is CC(C)CN(C)C(=O)N1CC(C)(OCC(=O)O)C1. The smallest absolute Gasteiger partial charge is 0.329 e. The molecule has 0 radical (unpaired) electrons. The summed E-state index contributed by atoms with van der Waals surface area (Å²) in [5.41, 5.74) is -0.521. The number of carboxylic acid groups (broad SMARTS) is 1. The normalized spacial score (nSPS) is 17.5. The zero-order valence-corrected chi connectivity index (χ0v) is 11.5. The Morgan fingerprint density at radius 1 is 1.44 bits per heavy atom. The van der Waals surface area contributed by atoms with E-state index >= 15 is 0 Å². The molecule has 1 aliphatic rings. The van der Waals surface area contributed by atoms with Gasteiger partial charge < -0.3 is 19.6 Å². The quantitative estimate of drug-likeness (QED) is 0.794. The molecule has 1 aliphatic heterocycles. The fourth-order valence-corrected chi connectivity index (χ4v) is 2.09. The van der Waals surface area contributed by atoms with Gasteiger partial charge in [0.05, 0.1) is 13.1 Å². The molecule has 0 aromatic carbocycles. The number of likely N-dealkylation sites (tertiary alicyclic amines) is 1. The summed E-state index contributed by atoms with van der Waals surface area (Å²) in [6.07, 6.45) is 0. The van der Waals surface area contributed by atoms with E-state index < -0.39 is 11.6 Å². The maximum Gasteiger partial charge on any atom is 0.329 e. The summed E-state index contributed by atoms with van der Waals surface area (Å²) in [4.78, 5) is 25.7. The van der Waals surface area contributed by atoms with Gasteiger partial charge in [-0.05, 0) is 12.8 Å². The molecule has 0 aromatic rings. The summed E-state index contributed by atoms with van der Waals surface area (Å²) in [5, 5.41) is 8.55. The first-order valence-corrected chi connectivity index (χ1v) is 6.09. The lowest BCUT2D eigenvalue weighted by Crippen LogP contribution is -2.65. The number of hydrogen-bond acceptors (Lipinski definition) is 3. The molecule has 0 bridgehead atoms. The fraction of sp³-hybridized carbons (Fsp3) is 0.833. The molecule has 6 nitrogen and oxygen atoms in total. The van der Waals surface area contributed by atoms with Gasteiger partial charge in [-0.3, -0.25) is 0 Å². The van der Waals surface area contributed by atoms with Gasteiger partial charge in [0.2, 0.25) is 0 Å². The van der Waals surface area contributed by atoms with Gasteiger partial charge in [-0.2, -0.15) is 0 Å². The molecule has 0 spiro atoms. The van der Waals surface area contributed by atoms with Gasteiger partial charge in [0.25, 0.3) is 0 Å². The van der Waals surface area contributed by atoms with Crippen LogP contribution in [0.25, 0.3) is 0 Å². The molecule has 18 heavy (non-hydrogen) atoms. The average molecular weight is 258 g/mol. The van der Waals surface area contributed by atoms with Crippen molar-refractivity contribution in [3.05, 3.63) is 0 Å². The Kier molecular flexibility index (Phi) is 4.56. The molecule has 1 rings (SSSR count). The number of amides is 2. The van der Waals surface area contributed by atoms with E-state index in [1.165, 1.54) is 0 Å². The van der Waals surface area contributed by atoms with E-state index in [0.717, 1.165) is 0 Å². The van der Waals surface area contributed by atoms with Crippen LogP contribution in [0.15, 0.2) is 0 Å². The average Bonchev–Trinajstić information content (AvgIpc) is 2.20. The van der Waals surface area contributed by atoms with E-state index in [2.05, 4.69) is 13.8 Å². The third kappa shape index (κ3) is 3.87. The monoisotopic (exact) mass is 258 g/mol. The van der Waals surface area contributed by atoms with Crippen LogP contribution in [0, 0.1) is 5.92 Å². The highest BCUT2D eigenvalue weighted by Gasteiger charge is 2.43. The summed E-state index contributed by atoms with van der Waals surface area (Å²) in [6.45, 7) is 7.22. The Hall–Kier alpha value is -1.30. The second-order valence-electron chi connectivity index (χ2n) is 5.55. The van der Waals surface area contributed by atoms with Crippen LogP contribution < -0.4 is 0 Å². The van der Waals surface area contributed by atoms with Gasteiger partial charge in [-0.15, -0.1) is 0 Å². The number of ether oxygens (including phenoxy) is 1. The predicted molar refractivity (Wildman–Crippen MR) is 66.4 cm³/mol. The van der Waals surface area contributed by atoms with Crippen LogP contribution in [0.4, 0.5) is 4.79 Å². The van der Waals surface area contributed by atoms with Crippen LogP contribution in [0.1, 0.15) is 20.8 Å². The van der Waals surface area contributed by atoms with Crippen molar-refractivity contribution in [1.82, 2.24) is 9.80 Å². The molecular weight excluding hydrogens is 236 g/mol. The first-order valence-electron chi connectivity index (χ1n) is 6.09. The van der Waals surface area contributed by atoms with Crippen molar-refractivity contribution in [2.45, 2.75) is 26.4 Å². The number of carbonyl (C=O) groups is 2. The predicted octanol–water partition coefficient (Wildman–Crippen LogP) is 0.870. The zero-order valence-electron chi connectivity index (χ0n) is 11.5. The van der Waals surface area contributed by atoms with Crippen molar-refractivity contribution in [3.8, 4) is 0 Å². The summed E-state index contributed by atoms with van der Waals surface area (Å²) in [7, 11) is 1.77. The Morgan fingerprint density at radius 2 is 2.00 bits per heavy atom. The minimum absolute atomic E-state index is 0.0277. The van der Waals surface area contributed by atoms with Crippen LogP contribution in [-0.4, -0.2) is 65.8 Å². The van der Waals surface area contributed by atoms with Crippen molar-refractivity contribution in [2.75, 3.05) is 33.3 Å². The lowest BCUT2D eigenvalue weighted by molar-refractivity contribution is -0.160. The molecule has 1 N–H and O–H groups in total. The van der Waals surface area contributed by atoms with Gasteiger partial charge in [-0.25, -0.2) is 9.59 Å². The maximum atomic E-state index is 12.0. The largest absolute Gasteiger partial charge is 0.480 e. The standard InChI is InChI=1S/C12H22N2O4/c1-9(2)5-13(4)11(17)14-7-12(3,8-14)18-6-10(15)16/h9H,5-8H2,1-4H3,(H,15,16). The highest BCUT2D eigenvalue weighted by Crippen LogP contribution is 2.25. The molecule has 1 fully saturated rings. The van der Waals surface area contributed by atoms with Crippen LogP contribution in [0.5, 0.6) is 0 Å². The molecule has 0 saturated carbocycles. The first kappa shape index (κ1) is 14.8. The fourth-order valence-electron chi connectivity index (χ4n) is 2.09. The second kappa shape index (κ2) is 5.56. The van der Waals surface area contributed by atoms with Gasteiger partial charge in [0.1, 0.15) is 12.2 Å². The maximum absolute atomic E-state index is 12.0. The molecule has 0 atom stereocenters. The van der Waals surface area contributed by atoms with Crippen LogP contribution in [-0.2, 0) is 9.53 Å². The number of carbonyl (C=O) groups excluding carboxylic acids is 1. The number of rotatable bonds is 5. The van der Waals surface area contributed by atoms with Crippen LogP contribution >= 0.6 is 0 Å². The molecule has 0 aromatic heterocycles. The van der Waals surface area contributed by atoms with Gasteiger partial charge in [-0.1, -0.05) is 13.8 Å². The van der Waals surface area contributed by atoms with Crippen molar-refractivity contribution < 1.29 is 19.4 Å². The van der Waals surface area contributed by atoms with Crippen molar-refractivity contribution in [1.29, 1.82) is 0 Å². The third-order valence-electron chi connectivity index (χ3n) is 2.83. The van der Waals surface area contributed by atoms with E-state index in [1.54, 1.807) is 16.8 Å². The van der Waals surface area contributed by atoms with Crippen molar-refractivity contribution in [2.24, 2.45) is 5.92 Å². The van der Waals surface area contributed by atoms with E-state index in [4.69, 9.17) is 9.84 Å². The molecule has 6 heteroatoms. The molecule has 2 amide bonds. The number of hydrogen-bond donors (Lipinski definition) is 1. The zero-order chi connectivity index (χ0) is 13.9. The summed E-state index contributed by atoms with van der Waals surface area (Å²) in [6, 6.07) is -0.0277. The van der Waals surface area contributed by atoms with Gasteiger partial charge >= 0.3 is 12.0 Å². The molecular formula is C12H22N2O4. The number of urea groups is 1. The van der Waals surface area contributed by atoms with E-state index in [-0.39, 0.29) is 12.6 Å². The summed E-state index contributed by atoms with van der Waals surface area (Å²) >= 11 is 0. The summed E-state index contributed by atoms with van der Waals surface area (Å²) in [5.74, 6) is -0.562.